The van der Waals surface area contributed by atoms with Crippen molar-refractivity contribution in [1.29, 1.82) is 0 Å². The lowest BCUT2D eigenvalue weighted by Gasteiger charge is -2.23. The summed E-state index contributed by atoms with van der Waals surface area (Å²) in [5.74, 6) is -0.212. The average molecular weight is 491 g/mol. The number of nitrogens with zero attached hydrogens (tertiary/aromatic N) is 4. The second-order valence-corrected chi connectivity index (χ2v) is 10.5. The van der Waals surface area contributed by atoms with Gasteiger partial charge in [0, 0.05) is 24.0 Å². The summed E-state index contributed by atoms with van der Waals surface area (Å²) in [5, 5.41) is 7.39. The van der Waals surface area contributed by atoms with Gasteiger partial charge in [0.25, 0.3) is 0 Å². The van der Waals surface area contributed by atoms with Gasteiger partial charge in [0.15, 0.2) is 0 Å². The van der Waals surface area contributed by atoms with Crippen LogP contribution < -0.4 is 0 Å². The Morgan fingerprint density at radius 2 is 1.80 bits per heavy atom. The number of thiazole rings is 1. The number of halogens is 1. The van der Waals surface area contributed by atoms with Crippen LogP contribution in [0.25, 0.3) is 21.8 Å². The minimum atomic E-state index is -0.278. The lowest BCUT2D eigenvalue weighted by atomic mass is 10.0. The molecule has 0 saturated heterocycles. The minimum absolute atomic E-state index is 0.0664. The van der Waals surface area contributed by atoms with E-state index in [0.717, 1.165) is 39.5 Å². The van der Waals surface area contributed by atoms with Crippen molar-refractivity contribution in [3.05, 3.63) is 83.2 Å². The van der Waals surface area contributed by atoms with Crippen molar-refractivity contribution in [3.63, 3.8) is 0 Å². The van der Waals surface area contributed by atoms with Crippen LogP contribution in [0.2, 0.25) is 0 Å². The lowest BCUT2D eigenvalue weighted by molar-refractivity contribution is -0.131. The summed E-state index contributed by atoms with van der Waals surface area (Å²) >= 11 is 1.50. The maximum atomic E-state index is 13.6. The van der Waals surface area contributed by atoms with Crippen LogP contribution in [0.3, 0.4) is 0 Å². The van der Waals surface area contributed by atoms with Crippen LogP contribution in [0.4, 0.5) is 4.39 Å². The summed E-state index contributed by atoms with van der Waals surface area (Å²) in [6.07, 6.45) is 2.96. The predicted molar refractivity (Wildman–Crippen MR) is 140 cm³/mol. The molecule has 0 aliphatic heterocycles. The maximum absolute atomic E-state index is 13.6. The fraction of sp³-hybridized carbons (Fsp3) is 0.321. The molecule has 0 radical (unpaired) electrons. The first kappa shape index (κ1) is 24.8. The summed E-state index contributed by atoms with van der Waals surface area (Å²) in [5.41, 5.74) is 4.24. The van der Waals surface area contributed by atoms with Gasteiger partial charge in [0.2, 0.25) is 5.91 Å². The Hall–Kier alpha value is -3.32. The number of carbonyl (C=O) groups is 1. The molecule has 2 aromatic carbocycles. The van der Waals surface area contributed by atoms with Gasteiger partial charge < -0.3 is 4.90 Å². The fourth-order valence-electron chi connectivity index (χ4n) is 4.04. The van der Waals surface area contributed by atoms with E-state index in [9.17, 15) is 9.18 Å². The molecule has 4 rings (SSSR count). The first-order chi connectivity index (χ1) is 16.8. The van der Waals surface area contributed by atoms with Crippen LogP contribution in [-0.4, -0.2) is 32.1 Å². The summed E-state index contributed by atoms with van der Waals surface area (Å²) in [4.78, 5) is 19.9. The first-order valence-electron chi connectivity index (χ1n) is 11.9. The number of aromatic nitrogens is 3. The van der Waals surface area contributed by atoms with E-state index in [1.807, 2.05) is 51.5 Å². The highest BCUT2D eigenvalue weighted by Crippen LogP contribution is 2.36. The summed E-state index contributed by atoms with van der Waals surface area (Å²) in [7, 11) is 0. The third-order valence-electron chi connectivity index (χ3n) is 5.70. The van der Waals surface area contributed by atoms with E-state index in [1.165, 1.54) is 23.5 Å². The van der Waals surface area contributed by atoms with Crippen molar-refractivity contribution in [1.82, 2.24) is 19.7 Å². The van der Waals surface area contributed by atoms with Crippen molar-refractivity contribution in [2.24, 2.45) is 0 Å². The van der Waals surface area contributed by atoms with Gasteiger partial charge in [-0.2, -0.15) is 5.10 Å². The Bertz CT molecular complexity index is 1270. The molecule has 0 N–H and O–H groups in total. The largest absolute Gasteiger partial charge is 0.338 e. The zero-order chi connectivity index (χ0) is 25.0. The molecule has 0 aliphatic carbocycles. The van der Waals surface area contributed by atoms with Crippen LogP contribution in [-0.2, 0) is 23.3 Å². The van der Waals surface area contributed by atoms with Crippen LogP contribution in [0.5, 0.6) is 0 Å². The van der Waals surface area contributed by atoms with Crippen LogP contribution >= 0.6 is 11.3 Å². The maximum Gasteiger partial charge on any atom is 0.228 e. The van der Waals surface area contributed by atoms with E-state index in [4.69, 9.17) is 4.98 Å². The van der Waals surface area contributed by atoms with E-state index >= 15 is 0 Å². The number of hydrogen-bond acceptors (Lipinski definition) is 4. The highest BCUT2D eigenvalue weighted by atomic mass is 32.1. The molecule has 0 unspecified atom stereocenters. The minimum Gasteiger partial charge on any atom is -0.338 e. The van der Waals surface area contributed by atoms with E-state index < -0.39 is 0 Å². The molecule has 7 heteroatoms. The van der Waals surface area contributed by atoms with Gasteiger partial charge in [-0.1, -0.05) is 37.3 Å². The lowest BCUT2D eigenvalue weighted by Crippen LogP contribution is -2.32. The SMILES string of the molecule is CCCN(Cc1ccccc1)C(=O)Cc1csc(-c2cnn(C(C)(C)C)c2-c2ccc(F)cc2)n1. The standard InChI is InChI=1S/C28H31FN4OS/c1-5-15-32(18-20-9-7-6-8-10-20)25(34)16-23-19-35-27(31-23)24-17-30-33(28(2,3)4)26(24)21-11-13-22(29)14-12-21/h6-14,17,19H,5,15-16,18H2,1-4H3. The molecule has 0 fully saturated rings. The van der Waals surface area contributed by atoms with Crippen LogP contribution in [0.15, 0.2) is 66.2 Å². The molecule has 0 atom stereocenters. The Morgan fingerprint density at radius 3 is 2.46 bits per heavy atom. The van der Waals surface area contributed by atoms with E-state index in [0.29, 0.717) is 13.1 Å². The molecule has 0 aliphatic rings. The number of carbonyl (C=O) groups excluding carboxylic acids is 1. The summed E-state index contributed by atoms with van der Waals surface area (Å²) in [6.45, 7) is 9.62. The molecule has 2 aromatic heterocycles. The number of hydrogen-bond donors (Lipinski definition) is 0. The first-order valence-corrected chi connectivity index (χ1v) is 12.7. The van der Waals surface area contributed by atoms with Crippen molar-refractivity contribution < 1.29 is 9.18 Å². The van der Waals surface area contributed by atoms with Crippen LogP contribution in [0.1, 0.15) is 45.4 Å². The number of amides is 1. The molecule has 4 aromatic rings. The quantitative estimate of drug-likeness (QED) is 0.281. The van der Waals surface area contributed by atoms with Gasteiger partial charge in [0.1, 0.15) is 10.8 Å². The molecule has 0 saturated carbocycles. The van der Waals surface area contributed by atoms with Gasteiger partial charge in [-0.25, -0.2) is 9.37 Å². The monoisotopic (exact) mass is 490 g/mol. The molecule has 0 spiro atoms. The highest BCUT2D eigenvalue weighted by Gasteiger charge is 2.25. The molecule has 1 amide bonds. The predicted octanol–water partition coefficient (Wildman–Crippen LogP) is 6.55. The van der Waals surface area contributed by atoms with Gasteiger partial charge >= 0.3 is 0 Å². The van der Waals surface area contributed by atoms with E-state index in [1.54, 1.807) is 12.1 Å². The Kier molecular flexibility index (Phi) is 7.45. The Morgan fingerprint density at radius 1 is 1.09 bits per heavy atom. The van der Waals surface area contributed by atoms with Gasteiger partial charge in [0.05, 0.1) is 35.1 Å². The molecule has 5 nitrogen and oxygen atoms in total. The second kappa shape index (κ2) is 10.5. The normalized spacial score (nSPS) is 11.6. The molecule has 35 heavy (non-hydrogen) atoms. The molecule has 0 bridgehead atoms. The van der Waals surface area contributed by atoms with Crippen molar-refractivity contribution in [2.75, 3.05) is 6.54 Å². The van der Waals surface area contributed by atoms with E-state index in [-0.39, 0.29) is 23.7 Å². The molecule has 2 heterocycles. The summed E-state index contributed by atoms with van der Waals surface area (Å²) in [6, 6.07) is 16.5. The molecular weight excluding hydrogens is 459 g/mol. The van der Waals surface area contributed by atoms with Gasteiger partial charge in [-0.15, -0.1) is 11.3 Å². The smallest absolute Gasteiger partial charge is 0.228 e. The Labute approximate surface area is 210 Å². The fourth-order valence-corrected chi connectivity index (χ4v) is 4.87. The molecular formula is C28H31FN4OS. The number of benzene rings is 2. The van der Waals surface area contributed by atoms with Crippen LogP contribution in [0, 0.1) is 5.82 Å². The third kappa shape index (κ3) is 5.85. The zero-order valence-corrected chi connectivity index (χ0v) is 21.5. The van der Waals surface area contributed by atoms with E-state index in [2.05, 4.69) is 32.8 Å². The zero-order valence-electron chi connectivity index (χ0n) is 20.7. The second-order valence-electron chi connectivity index (χ2n) is 9.62. The number of rotatable bonds is 8. The average Bonchev–Trinajstić information content (AvgIpc) is 3.47. The van der Waals surface area contributed by atoms with Crippen molar-refractivity contribution >= 4 is 17.2 Å². The Balaban J connectivity index is 1.60. The topological polar surface area (TPSA) is 51.0 Å². The van der Waals surface area contributed by atoms with Gasteiger partial charge in [-0.05, 0) is 57.0 Å². The van der Waals surface area contributed by atoms with Gasteiger partial charge in [-0.3, -0.25) is 9.48 Å². The molecule has 182 valence electrons. The van der Waals surface area contributed by atoms with Crippen molar-refractivity contribution in [2.45, 2.75) is 52.6 Å². The summed E-state index contributed by atoms with van der Waals surface area (Å²) < 4.78 is 15.5. The van der Waals surface area contributed by atoms with Crippen molar-refractivity contribution in [3.8, 4) is 21.8 Å². The highest BCUT2D eigenvalue weighted by molar-refractivity contribution is 7.13. The third-order valence-corrected chi connectivity index (χ3v) is 6.62.